The Morgan fingerprint density at radius 2 is 1.92 bits per heavy atom. The Morgan fingerprint density at radius 3 is 2.61 bits per heavy atom. The molecule has 2 saturated carbocycles. The number of nitrogens with one attached hydrogen (secondary N) is 1. The third-order valence-corrected chi connectivity index (χ3v) is 9.64. The van der Waals surface area contributed by atoms with Crippen molar-refractivity contribution >= 4 is 33.0 Å². The van der Waals surface area contributed by atoms with E-state index in [1.807, 2.05) is 0 Å². The molecule has 9 nitrogen and oxygen atoms in total. The van der Waals surface area contributed by atoms with Crippen LogP contribution in [-0.4, -0.2) is 63.5 Å². The van der Waals surface area contributed by atoms with E-state index in [1.54, 1.807) is 18.2 Å². The molecular formula is C24H25F2N5O4S. The van der Waals surface area contributed by atoms with Crippen LogP contribution < -0.4 is 5.32 Å². The van der Waals surface area contributed by atoms with Crippen LogP contribution in [0.5, 0.6) is 0 Å². The monoisotopic (exact) mass is 517 g/mol. The summed E-state index contributed by atoms with van der Waals surface area (Å²) in [6, 6.07) is 7.49. The van der Waals surface area contributed by atoms with Crippen molar-refractivity contribution in [3.63, 3.8) is 0 Å². The van der Waals surface area contributed by atoms with Crippen molar-refractivity contribution in [1.29, 1.82) is 0 Å². The highest BCUT2D eigenvalue weighted by Gasteiger charge is 2.82. The molecule has 6 rings (SSSR count). The summed E-state index contributed by atoms with van der Waals surface area (Å²) in [5.41, 5.74) is -1.19. The van der Waals surface area contributed by atoms with Crippen LogP contribution in [0, 0.1) is 5.92 Å². The molecule has 2 aromatic heterocycles. The molecule has 3 heterocycles. The Morgan fingerprint density at radius 1 is 1.14 bits per heavy atom. The molecule has 0 bridgehead atoms. The van der Waals surface area contributed by atoms with Crippen molar-refractivity contribution in [1.82, 2.24) is 18.8 Å². The number of carboxylic acid groups (broad SMARTS) is 1. The van der Waals surface area contributed by atoms with Gasteiger partial charge in [0.15, 0.2) is 5.65 Å². The zero-order valence-electron chi connectivity index (χ0n) is 19.3. The minimum absolute atomic E-state index is 0.0222. The Kier molecular flexibility index (Phi) is 5.05. The molecule has 1 saturated heterocycles. The Balaban J connectivity index is 1.52. The lowest BCUT2D eigenvalue weighted by Crippen LogP contribution is -2.44. The lowest BCUT2D eigenvalue weighted by atomic mass is 9.92. The number of benzene rings is 1. The van der Waals surface area contributed by atoms with Crippen molar-refractivity contribution in [3.05, 3.63) is 48.4 Å². The second-order valence-electron chi connectivity index (χ2n) is 9.83. The van der Waals surface area contributed by atoms with Crippen molar-refractivity contribution in [2.75, 3.05) is 18.4 Å². The molecule has 3 aromatic rings. The number of halogens is 2. The summed E-state index contributed by atoms with van der Waals surface area (Å²) in [7, 11) is -4.12. The molecule has 2 aliphatic carbocycles. The second-order valence-corrected chi connectivity index (χ2v) is 11.6. The van der Waals surface area contributed by atoms with Gasteiger partial charge in [0, 0.05) is 31.2 Å². The average molecular weight is 518 g/mol. The van der Waals surface area contributed by atoms with Crippen LogP contribution in [0.3, 0.4) is 0 Å². The summed E-state index contributed by atoms with van der Waals surface area (Å²) in [5, 5.41) is 12.9. The van der Waals surface area contributed by atoms with E-state index in [2.05, 4.69) is 15.3 Å². The normalized spacial score (nSPS) is 27.1. The summed E-state index contributed by atoms with van der Waals surface area (Å²) in [6.45, 7) is 0.629. The van der Waals surface area contributed by atoms with Crippen molar-refractivity contribution in [2.45, 2.75) is 54.4 Å². The van der Waals surface area contributed by atoms with Gasteiger partial charge in [0.05, 0.1) is 15.7 Å². The SMILES string of the molecule is O=C(O)N1CCC[C@@H](Nc2ncnc3c2c(C24CCCC2C4(F)F)cn3S(=O)(=O)c2ccccc2)C1. The molecule has 12 heteroatoms. The molecule has 1 amide bonds. The maximum Gasteiger partial charge on any atom is 0.407 e. The lowest BCUT2D eigenvalue weighted by Gasteiger charge is -2.31. The zero-order valence-corrected chi connectivity index (χ0v) is 20.1. The molecule has 190 valence electrons. The predicted octanol–water partition coefficient (Wildman–Crippen LogP) is 3.91. The largest absolute Gasteiger partial charge is 0.465 e. The van der Waals surface area contributed by atoms with Gasteiger partial charge in [0.2, 0.25) is 0 Å². The van der Waals surface area contributed by atoms with Gasteiger partial charge in [-0.15, -0.1) is 0 Å². The number of rotatable bonds is 5. The highest BCUT2D eigenvalue weighted by atomic mass is 32.2. The Hall–Kier alpha value is -3.28. The molecular weight excluding hydrogens is 492 g/mol. The summed E-state index contributed by atoms with van der Waals surface area (Å²) >= 11 is 0. The Labute approximate surface area is 206 Å². The number of likely N-dealkylation sites (tertiary alicyclic amines) is 1. The first-order valence-electron chi connectivity index (χ1n) is 12.0. The number of aromatic nitrogens is 3. The van der Waals surface area contributed by atoms with Gasteiger partial charge < -0.3 is 15.3 Å². The third-order valence-electron chi connectivity index (χ3n) is 7.97. The van der Waals surface area contributed by atoms with Gasteiger partial charge >= 0.3 is 6.09 Å². The number of amides is 1. The standard InChI is InChI=1S/C24H25F2N5O4S/c25-24(26)18-9-4-10-23(18,24)17-13-31(36(34,35)16-7-2-1-3-8-16)21-19(17)20(27-14-28-21)29-15-6-5-11-30(12-15)22(32)33/h1-3,7-8,13-15,18H,4-6,9-12H2,(H,32,33)(H,27,28,29)/t15-,18?,23?/m1/s1. The van der Waals surface area contributed by atoms with Gasteiger partial charge in [-0.2, -0.15) is 0 Å². The van der Waals surface area contributed by atoms with Gasteiger partial charge in [-0.05, 0) is 43.4 Å². The molecule has 3 atom stereocenters. The molecule has 3 aliphatic rings. The maximum atomic E-state index is 15.2. The van der Waals surface area contributed by atoms with Crippen LogP contribution in [0.1, 0.15) is 37.7 Å². The fraction of sp³-hybridized carbons (Fsp3) is 0.458. The van der Waals surface area contributed by atoms with Gasteiger partial charge in [-0.1, -0.05) is 24.6 Å². The molecule has 2 unspecified atom stereocenters. The van der Waals surface area contributed by atoms with E-state index in [1.165, 1.54) is 29.6 Å². The quantitative estimate of drug-likeness (QED) is 0.527. The Bertz CT molecular complexity index is 1460. The van der Waals surface area contributed by atoms with Gasteiger partial charge in [-0.25, -0.2) is 35.9 Å². The maximum absolute atomic E-state index is 15.2. The van der Waals surface area contributed by atoms with E-state index in [9.17, 15) is 18.3 Å². The van der Waals surface area contributed by atoms with Crippen molar-refractivity contribution in [2.24, 2.45) is 5.92 Å². The first-order chi connectivity index (χ1) is 17.2. The number of nitrogens with zero attached hydrogens (tertiary/aromatic N) is 4. The molecule has 1 aromatic carbocycles. The van der Waals surface area contributed by atoms with Gasteiger partial charge in [-0.3, -0.25) is 0 Å². The number of anilines is 1. The lowest BCUT2D eigenvalue weighted by molar-refractivity contribution is 0.0641. The van der Waals surface area contributed by atoms with Crippen LogP contribution >= 0.6 is 0 Å². The zero-order chi connectivity index (χ0) is 25.3. The van der Waals surface area contributed by atoms with Crippen molar-refractivity contribution < 1.29 is 27.1 Å². The summed E-state index contributed by atoms with van der Waals surface area (Å²) in [6.07, 6.45) is 4.04. The van der Waals surface area contributed by atoms with E-state index in [0.717, 1.165) is 3.97 Å². The first-order valence-corrected chi connectivity index (χ1v) is 13.4. The predicted molar refractivity (Wildman–Crippen MR) is 127 cm³/mol. The summed E-state index contributed by atoms with van der Waals surface area (Å²) in [4.78, 5) is 21.4. The topological polar surface area (TPSA) is 117 Å². The van der Waals surface area contributed by atoms with E-state index in [-0.39, 0.29) is 46.3 Å². The number of hydrogen-bond acceptors (Lipinski definition) is 6. The highest BCUT2D eigenvalue weighted by molar-refractivity contribution is 7.90. The van der Waals surface area contributed by atoms with Crippen LogP contribution in [0.4, 0.5) is 19.4 Å². The van der Waals surface area contributed by atoms with Crippen LogP contribution in [0.2, 0.25) is 0 Å². The minimum atomic E-state index is -4.12. The number of hydrogen-bond donors (Lipinski definition) is 2. The summed E-state index contributed by atoms with van der Waals surface area (Å²) in [5.74, 6) is -3.55. The molecule has 36 heavy (non-hydrogen) atoms. The number of fused-ring (bicyclic) bond motifs is 2. The van der Waals surface area contributed by atoms with Gasteiger partial charge in [0.25, 0.3) is 15.9 Å². The average Bonchev–Trinajstić information content (AvgIpc) is 3.28. The number of piperidine rings is 1. The van der Waals surface area contributed by atoms with Crippen LogP contribution in [0.25, 0.3) is 11.0 Å². The highest BCUT2D eigenvalue weighted by Crippen LogP contribution is 2.75. The number of carbonyl (C=O) groups is 1. The van der Waals surface area contributed by atoms with Crippen LogP contribution in [-0.2, 0) is 15.4 Å². The molecule has 3 fully saturated rings. The smallest absolute Gasteiger partial charge is 0.407 e. The first kappa shape index (κ1) is 23.1. The van der Waals surface area contributed by atoms with E-state index < -0.39 is 33.4 Å². The van der Waals surface area contributed by atoms with E-state index >= 15 is 8.78 Å². The van der Waals surface area contributed by atoms with E-state index in [0.29, 0.717) is 32.2 Å². The second kappa shape index (κ2) is 7.86. The summed E-state index contributed by atoms with van der Waals surface area (Å²) < 4.78 is 58.5. The fourth-order valence-corrected chi connectivity index (χ4v) is 7.56. The van der Waals surface area contributed by atoms with Crippen LogP contribution in [0.15, 0.2) is 47.8 Å². The molecule has 1 aliphatic heterocycles. The van der Waals surface area contributed by atoms with E-state index in [4.69, 9.17) is 0 Å². The molecule has 0 radical (unpaired) electrons. The van der Waals surface area contributed by atoms with Crippen molar-refractivity contribution in [3.8, 4) is 0 Å². The van der Waals surface area contributed by atoms with Gasteiger partial charge in [0.1, 0.15) is 12.1 Å². The number of alkyl halides is 2. The minimum Gasteiger partial charge on any atom is -0.465 e. The molecule has 2 N–H and O–H groups in total. The fourth-order valence-electron chi connectivity index (χ4n) is 6.22. The third kappa shape index (κ3) is 3.16. The molecule has 0 spiro atoms.